The number of aliphatic hydroxyl groups excluding tert-OH is 1. The Labute approximate surface area is 217 Å². The maximum atomic E-state index is 15.6. The predicted octanol–water partition coefficient (Wildman–Crippen LogP) is 1.80. The number of imidazole rings is 1. The van der Waals surface area contributed by atoms with Gasteiger partial charge < -0.3 is 24.8 Å². The molecule has 198 valence electrons. The molecule has 0 radical (unpaired) electrons. The lowest BCUT2D eigenvalue weighted by Gasteiger charge is -2.29. The minimum atomic E-state index is -3.96. The number of esters is 1. The fourth-order valence-corrected chi connectivity index (χ4v) is 6.02. The molecule has 1 fully saturated rings. The van der Waals surface area contributed by atoms with Gasteiger partial charge >= 0.3 is 13.7 Å². The van der Waals surface area contributed by atoms with Crippen LogP contribution in [0.15, 0.2) is 18.9 Å². The number of fused-ring (bicyclic) bond motifs is 2. The number of nitrogens with one attached hydrogen (secondary N) is 1. The van der Waals surface area contributed by atoms with Gasteiger partial charge in [-0.3, -0.25) is 18.9 Å². The topological polar surface area (TPSA) is 186 Å². The van der Waals surface area contributed by atoms with Gasteiger partial charge in [0.05, 0.1) is 18.6 Å². The molecule has 37 heavy (non-hydrogen) atoms. The third-order valence-electron chi connectivity index (χ3n) is 5.92. The molecule has 0 aromatic carbocycles. The van der Waals surface area contributed by atoms with E-state index >= 15 is 4.39 Å². The van der Waals surface area contributed by atoms with Gasteiger partial charge in [0.15, 0.2) is 23.4 Å². The summed E-state index contributed by atoms with van der Waals surface area (Å²) in [5.74, 6) is -0.141. The summed E-state index contributed by atoms with van der Waals surface area (Å²) in [4.78, 5) is 27.4. The van der Waals surface area contributed by atoms with Crippen LogP contribution in [-0.2, 0) is 36.5 Å². The maximum Gasteiger partial charge on any atom is 0.459 e. The van der Waals surface area contributed by atoms with E-state index in [0.29, 0.717) is 16.8 Å². The van der Waals surface area contributed by atoms with Crippen molar-refractivity contribution in [2.45, 2.75) is 50.0 Å². The van der Waals surface area contributed by atoms with Crippen LogP contribution in [0.2, 0.25) is 0 Å². The van der Waals surface area contributed by atoms with Gasteiger partial charge in [-0.05, 0) is 22.9 Å². The summed E-state index contributed by atoms with van der Waals surface area (Å²) in [6, 6.07) is 0. The number of aliphatic hydroxyl groups is 1. The lowest BCUT2D eigenvalue weighted by Crippen LogP contribution is -2.38. The number of nitrogen functional groups attached to an aromatic ring is 1. The molecule has 0 saturated carbocycles. The molecule has 1 saturated heterocycles. The summed E-state index contributed by atoms with van der Waals surface area (Å²) in [5.41, 5.74) is 7.86. The second-order valence-electron chi connectivity index (χ2n) is 8.41. The molecule has 14 nitrogen and oxygen atoms in total. The van der Waals surface area contributed by atoms with Gasteiger partial charge in [-0.25, -0.2) is 29.0 Å². The molecule has 5 atom stereocenters. The van der Waals surface area contributed by atoms with Crippen molar-refractivity contribution >= 4 is 46.6 Å². The number of halogens is 2. The number of aryl methyl sites for hydroxylation is 1. The minimum Gasteiger partial charge on any atom is -0.461 e. The van der Waals surface area contributed by atoms with E-state index in [1.807, 2.05) is 0 Å². The monoisotopic (exact) mass is 601 g/mol. The minimum absolute atomic E-state index is 0.0338. The van der Waals surface area contributed by atoms with Crippen LogP contribution in [0.5, 0.6) is 5.75 Å². The number of alkyl halides is 2. The molecule has 0 spiro atoms. The average Bonchev–Trinajstić information content (AvgIpc) is 3.37. The standard InChI is InChI=1S/C20H22BrFN7O7P/c1-9-15-12(11(3-24-9)5-33-10(2)30)4-28-37(32,36-15)34-6-13-16(31)20(21,22)19(35-13)29-8-27-14-17(23)25-7-26-18(14)29/h3,7-8,13,16,19,31H,4-6H2,1-2H3,(H,28,32)(H2,23,25,26)/t13-,16?,19-,20?,37?/m1/s1. The third-order valence-corrected chi connectivity index (χ3v) is 8.24. The number of nitrogens with zero attached hydrogens (tertiary/aromatic N) is 5. The lowest BCUT2D eigenvalue weighted by molar-refractivity contribution is -0.142. The molecule has 5 heterocycles. The fourth-order valence-electron chi connectivity index (χ4n) is 4.01. The Hall–Kier alpha value is -2.75. The van der Waals surface area contributed by atoms with Crippen LogP contribution < -0.4 is 15.3 Å². The third kappa shape index (κ3) is 4.69. The summed E-state index contributed by atoms with van der Waals surface area (Å²) >= 11 is 2.90. The first-order valence-corrected chi connectivity index (χ1v) is 13.3. The zero-order valence-corrected chi connectivity index (χ0v) is 22.0. The van der Waals surface area contributed by atoms with E-state index in [-0.39, 0.29) is 35.9 Å². The van der Waals surface area contributed by atoms with Gasteiger partial charge in [-0.15, -0.1) is 0 Å². The van der Waals surface area contributed by atoms with Gasteiger partial charge in [-0.2, -0.15) is 0 Å². The van der Waals surface area contributed by atoms with Crippen LogP contribution in [-0.4, -0.2) is 59.0 Å². The highest BCUT2D eigenvalue weighted by Gasteiger charge is 2.57. The average molecular weight is 602 g/mol. The summed E-state index contributed by atoms with van der Waals surface area (Å²) in [7, 11) is -3.96. The zero-order chi connectivity index (χ0) is 26.5. The first-order chi connectivity index (χ1) is 17.5. The smallest absolute Gasteiger partial charge is 0.459 e. The number of hydrogen-bond donors (Lipinski definition) is 3. The molecule has 2 aliphatic heterocycles. The Kier molecular flexibility index (Phi) is 6.66. The number of nitrogens with two attached hydrogens (primary N) is 1. The van der Waals surface area contributed by atoms with Crippen LogP contribution in [0.3, 0.4) is 0 Å². The molecule has 2 aliphatic rings. The molecule has 0 bridgehead atoms. The molecule has 17 heteroatoms. The number of hydrogen-bond acceptors (Lipinski definition) is 12. The van der Waals surface area contributed by atoms with Gasteiger partial charge in [0.25, 0.3) is 0 Å². The fraction of sp³-hybridized carbons (Fsp3) is 0.450. The summed E-state index contributed by atoms with van der Waals surface area (Å²) in [5, 5.41) is 13.3. The molecule has 3 unspecified atom stereocenters. The van der Waals surface area contributed by atoms with Crippen LogP contribution in [0.25, 0.3) is 11.2 Å². The number of anilines is 1. The molecule has 0 aliphatic carbocycles. The second kappa shape index (κ2) is 9.53. The molecule has 3 aromatic heterocycles. The Morgan fingerprint density at radius 1 is 1.43 bits per heavy atom. The van der Waals surface area contributed by atoms with Crippen molar-refractivity contribution in [3.05, 3.63) is 35.7 Å². The van der Waals surface area contributed by atoms with Crippen molar-refractivity contribution in [3.63, 3.8) is 0 Å². The highest BCUT2D eigenvalue weighted by Crippen LogP contribution is 2.52. The Morgan fingerprint density at radius 3 is 2.97 bits per heavy atom. The van der Waals surface area contributed by atoms with Gasteiger partial charge in [0, 0.05) is 30.8 Å². The molecule has 3 aromatic rings. The molecule has 0 amide bonds. The van der Waals surface area contributed by atoms with E-state index in [2.05, 4.69) is 41.0 Å². The zero-order valence-electron chi connectivity index (χ0n) is 19.5. The van der Waals surface area contributed by atoms with E-state index in [1.165, 1.54) is 30.3 Å². The van der Waals surface area contributed by atoms with E-state index in [9.17, 15) is 14.5 Å². The summed E-state index contributed by atoms with van der Waals surface area (Å²) < 4.78 is 49.6. The molecular weight excluding hydrogens is 580 g/mol. The van der Waals surface area contributed by atoms with Gasteiger partial charge in [0.2, 0.25) is 4.58 Å². The second-order valence-corrected chi connectivity index (χ2v) is 11.4. The number of rotatable bonds is 6. The summed E-state index contributed by atoms with van der Waals surface area (Å²) in [6.45, 7) is 2.49. The van der Waals surface area contributed by atoms with Crippen molar-refractivity contribution in [1.82, 2.24) is 29.6 Å². The molecule has 5 rings (SSSR count). The number of ether oxygens (including phenoxy) is 2. The van der Waals surface area contributed by atoms with E-state index in [1.54, 1.807) is 6.92 Å². The lowest BCUT2D eigenvalue weighted by atomic mass is 10.1. The number of aromatic nitrogens is 5. The first kappa shape index (κ1) is 25.9. The predicted molar refractivity (Wildman–Crippen MR) is 128 cm³/mol. The normalized spacial score (nSPS) is 29.2. The van der Waals surface area contributed by atoms with Crippen LogP contribution in [0, 0.1) is 6.92 Å². The maximum absolute atomic E-state index is 15.6. The van der Waals surface area contributed by atoms with E-state index < -0.39 is 43.3 Å². The number of carbonyl (C=O) groups excluding carboxylic acids is 1. The van der Waals surface area contributed by atoms with Crippen LogP contribution in [0.1, 0.15) is 30.0 Å². The highest BCUT2D eigenvalue weighted by atomic mass is 79.9. The van der Waals surface area contributed by atoms with E-state index in [0.717, 1.165) is 0 Å². The Balaban J connectivity index is 1.32. The van der Waals surface area contributed by atoms with Crippen molar-refractivity contribution in [2.24, 2.45) is 0 Å². The SMILES string of the molecule is CC(=O)OCc1cnc(C)c2c1CNP(=O)(OC[C@H]1O[C@@H](n3cnc4c(N)ncnc43)C(F)(Br)C1O)O2. The van der Waals surface area contributed by atoms with Gasteiger partial charge in [-0.1, -0.05) is 0 Å². The summed E-state index contributed by atoms with van der Waals surface area (Å²) in [6.07, 6.45) is -0.389. The Bertz CT molecular complexity index is 1420. The van der Waals surface area contributed by atoms with E-state index in [4.69, 9.17) is 24.3 Å². The van der Waals surface area contributed by atoms with Crippen LogP contribution in [0.4, 0.5) is 10.2 Å². The quantitative estimate of drug-likeness (QED) is 0.211. The van der Waals surface area contributed by atoms with Gasteiger partial charge in [0.1, 0.15) is 30.7 Å². The van der Waals surface area contributed by atoms with Crippen LogP contribution >= 0.6 is 23.7 Å². The van der Waals surface area contributed by atoms with Crippen molar-refractivity contribution in [1.29, 1.82) is 0 Å². The number of pyridine rings is 1. The molecular formula is C20H22BrFN7O7P. The van der Waals surface area contributed by atoms with Crippen molar-refractivity contribution in [2.75, 3.05) is 12.3 Å². The largest absolute Gasteiger partial charge is 0.461 e. The molecule has 4 N–H and O–H groups in total. The first-order valence-electron chi connectivity index (χ1n) is 10.9. The number of carbonyl (C=O) groups is 1. The Morgan fingerprint density at radius 2 is 2.22 bits per heavy atom. The van der Waals surface area contributed by atoms with Crippen molar-refractivity contribution < 1.29 is 37.4 Å². The highest BCUT2D eigenvalue weighted by molar-refractivity contribution is 9.10. The van der Waals surface area contributed by atoms with Crippen molar-refractivity contribution in [3.8, 4) is 5.75 Å².